The number of nitrogens with zero attached hydrogens (tertiary/aromatic N) is 2. The van der Waals surface area contributed by atoms with E-state index >= 15 is 0 Å². The van der Waals surface area contributed by atoms with Crippen LogP contribution in [0.15, 0.2) is 29.3 Å². The van der Waals surface area contributed by atoms with E-state index in [1.165, 1.54) is 18.6 Å². The Morgan fingerprint density at radius 2 is 2.21 bits per heavy atom. The molecule has 0 bridgehead atoms. The number of piperidine rings is 1. The molecule has 1 fully saturated rings. The predicted molar refractivity (Wildman–Crippen MR) is 125 cm³/mol. The molecule has 164 valence electrons. The van der Waals surface area contributed by atoms with Gasteiger partial charge in [-0.25, -0.2) is 4.39 Å². The van der Waals surface area contributed by atoms with Crippen LogP contribution in [0.1, 0.15) is 39.5 Å². The van der Waals surface area contributed by atoms with Gasteiger partial charge < -0.3 is 20.3 Å². The lowest BCUT2D eigenvalue weighted by Gasteiger charge is -2.31. The first kappa shape index (κ1) is 25.5. The van der Waals surface area contributed by atoms with Crippen molar-refractivity contribution >= 4 is 35.8 Å². The number of amides is 1. The molecule has 8 heteroatoms. The number of benzene rings is 1. The molecule has 2 N–H and O–H groups in total. The fraction of sp³-hybridized carbons (Fsp3) is 0.619. The average molecular weight is 520 g/mol. The quantitative estimate of drug-likeness (QED) is 0.313. The summed E-state index contributed by atoms with van der Waals surface area (Å²) in [7, 11) is 1.69. The van der Waals surface area contributed by atoms with Gasteiger partial charge in [0, 0.05) is 39.2 Å². The summed E-state index contributed by atoms with van der Waals surface area (Å²) in [6, 6.07) is 6.14. The number of halogens is 2. The van der Waals surface area contributed by atoms with Crippen LogP contribution in [0.4, 0.5) is 4.39 Å². The molecule has 2 unspecified atom stereocenters. The van der Waals surface area contributed by atoms with E-state index in [4.69, 9.17) is 4.74 Å². The first-order valence-electron chi connectivity index (χ1n) is 10.2. The van der Waals surface area contributed by atoms with Crippen molar-refractivity contribution in [1.82, 2.24) is 15.5 Å². The number of hydrogen-bond donors (Lipinski definition) is 2. The summed E-state index contributed by atoms with van der Waals surface area (Å²) in [5, 5.41) is 6.39. The Hall–Kier alpha value is -1.58. The van der Waals surface area contributed by atoms with E-state index < -0.39 is 0 Å². The van der Waals surface area contributed by atoms with Crippen LogP contribution in [0.3, 0.4) is 0 Å². The van der Waals surface area contributed by atoms with E-state index in [1.807, 2.05) is 11.8 Å². The molecule has 0 radical (unpaired) electrons. The minimum absolute atomic E-state index is 0. The topological polar surface area (TPSA) is 66.0 Å². The summed E-state index contributed by atoms with van der Waals surface area (Å²) < 4.78 is 19.1. The van der Waals surface area contributed by atoms with Crippen LogP contribution >= 0.6 is 24.0 Å². The largest absolute Gasteiger partial charge is 0.489 e. The van der Waals surface area contributed by atoms with Gasteiger partial charge in [-0.3, -0.25) is 9.79 Å². The lowest BCUT2D eigenvalue weighted by molar-refractivity contribution is -0.132. The van der Waals surface area contributed by atoms with Crippen LogP contribution in [-0.4, -0.2) is 56.1 Å². The predicted octanol–water partition coefficient (Wildman–Crippen LogP) is 3.41. The highest BCUT2D eigenvalue weighted by Gasteiger charge is 2.20. The molecule has 2 atom stereocenters. The third kappa shape index (κ3) is 9.18. The molecule has 1 aromatic carbocycles. The summed E-state index contributed by atoms with van der Waals surface area (Å²) in [6.07, 6.45) is 3.40. The Bertz CT molecular complexity index is 659. The van der Waals surface area contributed by atoms with Crippen LogP contribution in [0.25, 0.3) is 0 Å². The Morgan fingerprint density at radius 3 is 2.86 bits per heavy atom. The molecule has 1 aliphatic heterocycles. The minimum Gasteiger partial charge on any atom is -0.489 e. The second-order valence-electron chi connectivity index (χ2n) is 7.32. The van der Waals surface area contributed by atoms with Gasteiger partial charge in [0.2, 0.25) is 5.91 Å². The third-order valence-electron chi connectivity index (χ3n) is 4.92. The van der Waals surface area contributed by atoms with Crippen LogP contribution < -0.4 is 15.4 Å². The fourth-order valence-corrected chi connectivity index (χ4v) is 3.30. The maximum Gasteiger partial charge on any atom is 0.224 e. The molecule has 6 nitrogen and oxygen atoms in total. The van der Waals surface area contributed by atoms with Crippen molar-refractivity contribution in [2.24, 2.45) is 10.9 Å². The van der Waals surface area contributed by atoms with Gasteiger partial charge in [-0.15, -0.1) is 24.0 Å². The van der Waals surface area contributed by atoms with E-state index in [0.29, 0.717) is 37.1 Å². The van der Waals surface area contributed by atoms with Crippen LogP contribution in [0, 0.1) is 11.7 Å². The first-order valence-corrected chi connectivity index (χ1v) is 10.2. The molecular formula is C21H34FIN4O2. The molecule has 1 aromatic rings. The Kier molecular flexibility index (Phi) is 11.9. The highest BCUT2D eigenvalue weighted by molar-refractivity contribution is 14.0. The average Bonchev–Trinajstić information content (AvgIpc) is 2.69. The smallest absolute Gasteiger partial charge is 0.224 e. The van der Waals surface area contributed by atoms with Gasteiger partial charge in [-0.05, 0) is 37.3 Å². The SMILES string of the molecule is CCC(CNC(=NC)NCCC(=O)N1CCCC(C)C1)Oc1cccc(F)c1.I. The van der Waals surface area contributed by atoms with Crippen molar-refractivity contribution in [3.63, 3.8) is 0 Å². The zero-order valence-corrected chi connectivity index (χ0v) is 19.9. The third-order valence-corrected chi connectivity index (χ3v) is 4.92. The van der Waals surface area contributed by atoms with E-state index in [1.54, 1.807) is 19.2 Å². The molecule has 1 heterocycles. The number of carbonyl (C=O) groups excluding carboxylic acids is 1. The number of carbonyl (C=O) groups is 1. The number of rotatable bonds is 8. The Labute approximate surface area is 190 Å². The van der Waals surface area contributed by atoms with Crippen LogP contribution in [0.5, 0.6) is 5.75 Å². The van der Waals surface area contributed by atoms with Crippen molar-refractivity contribution in [2.45, 2.75) is 45.6 Å². The van der Waals surface area contributed by atoms with Crippen molar-refractivity contribution < 1.29 is 13.9 Å². The minimum atomic E-state index is -0.314. The zero-order valence-electron chi connectivity index (χ0n) is 17.6. The molecule has 1 aliphatic rings. The van der Waals surface area contributed by atoms with E-state index in [0.717, 1.165) is 25.9 Å². The lowest BCUT2D eigenvalue weighted by Crippen LogP contribution is -2.44. The second kappa shape index (κ2) is 13.6. The van der Waals surface area contributed by atoms with Gasteiger partial charge in [-0.1, -0.05) is 19.9 Å². The highest BCUT2D eigenvalue weighted by atomic mass is 127. The monoisotopic (exact) mass is 520 g/mol. The molecule has 1 amide bonds. The molecule has 0 saturated carbocycles. The summed E-state index contributed by atoms with van der Waals surface area (Å²) in [4.78, 5) is 18.5. The molecule has 1 saturated heterocycles. The number of aliphatic imine (C=N–C) groups is 1. The van der Waals surface area contributed by atoms with E-state index in [2.05, 4.69) is 22.5 Å². The molecule has 0 spiro atoms. The molecular weight excluding hydrogens is 486 g/mol. The van der Waals surface area contributed by atoms with Crippen molar-refractivity contribution in [2.75, 3.05) is 33.2 Å². The molecule has 2 rings (SSSR count). The van der Waals surface area contributed by atoms with Crippen molar-refractivity contribution in [3.05, 3.63) is 30.1 Å². The number of nitrogens with one attached hydrogen (secondary N) is 2. The Balaban J connectivity index is 0.00000420. The van der Waals surface area contributed by atoms with Gasteiger partial charge in [0.05, 0.1) is 6.54 Å². The lowest BCUT2D eigenvalue weighted by atomic mass is 10.00. The highest BCUT2D eigenvalue weighted by Crippen LogP contribution is 2.16. The summed E-state index contributed by atoms with van der Waals surface area (Å²) in [6.45, 7) is 7.00. The standard InChI is InChI=1S/C21H33FN4O2.HI/c1-4-18(28-19-9-5-8-17(22)13-19)14-25-21(23-3)24-11-10-20(27)26-12-6-7-16(2)15-26;/h5,8-9,13,16,18H,4,6-7,10-12,14-15H2,1-3H3,(H2,23,24,25);1H. The normalized spacial score (nSPS) is 17.9. The van der Waals surface area contributed by atoms with E-state index in [9.17, 15) is 9.18 Å². The zero-order chi connectivity index (χ0) is 20.4. The summed E-state index contributed by atoms with van der Waals surface area (Å²) >= 11 is 0. The number of likely N-dealkylation sites (tertiary alicyclic amines) is 1. The van der Waals surface area contributed by atoms with E-state index in [-0.39, 0.29) is 41.8 Å². The van der Waals surface area contributed by atoms with Gasteiger partial charge >= 0.3 is 0 Å². The number of hydrogen-bond acceptors (Lipinski definition) is 3. The summed E-state index contributed by atoms with van der Waals surface area (Å²) in [5.74, 6) is 1.60. The fourth-order valence-electron chi connectivity index (χ4n) is 3.30. The molecule has 29 heavy (non-hydrogen) atoms. The Morgan fingerprint density at radius 1 is 1.41 bits per heavy atom. The van der Waals surface area contributed by atoms with Gasteiger partial charge in [0.25, 0.3) is 0 Å². The number of guanidine groups is 1. The van der Waals surface area contributed by atoms with Crippen molar-refractivity contribution in [1.29, 1.82) is 0 Å². The maximum atomic E-state index is 13.3. The van der Waals surface area contributed by atoms with Gasteiger partial charge in [0.1, 0.15) is 17.7 Å². The van der Waals surface area contributed by atoms with Crippen LogP contribution in [0.2, 0.25) is 0 Å². The molecule has 0 aromatic heterocycles. The van der Waals surface area contributed by atoms with Crippen molar-refractivity contribution in [3.8, 4) is 5.75 Å². The maximum absolute atomic E-state index is 13.3. The van der Waals surface area contributed by atoms with Gasteiger partial charge in [0.15, 0.2) is 5.96 Å². The summed E-state index contributed by atoms with van der Waals surface area (Å²) in [5.41, 5.74) is 0. The van der Waals surface area contributed by atoms with Crippen LogP contribution in [-0.2, 0) is 4.79 Å². The second-order valence-corrected chi connectivity index (χ2v) is 7.32. The number of ether oxygens (including phenoxy) is 1. The molecule has 0 aliphatic carbocycles. The first-order chi connectivity index (χ1) is 13.5. The van der Waals surface area contributed by atoms with Gasteiger partial charge in [-0.2, -0.15) is 0 Å².